The molecule has 0 saturated carbocycles. The van der Waals surface area contributed by atoms with E-state index in [9.17, 15) is 14.7 Å². The highest BCUT2D eigenvalue weighted by atomic mass is 35.5. The summed E-state index contributed by atoms with van der Waals surface area (Å²) in [6.45, 7) is 0.523. The van der Waals surface area contributed by atoms with Crippen LogP contribution in [0.4, 0.5) is 0 Å². The Hall–Kier alpha value is -3.71. The molecule has 0 aliphatic rings. The van der Waals surface area contributed by atoms with Gasteiger partial charge in [-0.1, -0.05) is 53.2 Å². The molecule has 0 aliphatic heterocycles. The van der Waals surface area contributed by atoms with Crippen molar-refractivity contribution in [3.63, 3.8) is 0 Å². The number of benzene rings is 3. The van der Waals surface area contributed by atoms with Crippen LogP contribution in [0.2, 0.25) is 5.02 Å². The summed E-state index contributed by atoms with van der Waals surface area (Å²) in [5.41, 5.74) is 3.84. The van der Waals surface area contributed by atoms with Crippen LogP contribution >= 0.6 is 11.6 Å². The van der Waals surface area contributed by atoms with Crippen LogP contribution in [-0.2, 0) is 11.3 Å². The molecule has 8 heteroatoms. The topological polar surface area (TPSA) is 97.1 Å². The number of carboxylic acid groups (broad SMARTS) is 1. The Kier molecular flexibility index (Phi) is 5.95. The largest absolute Gasteiger partial charge is 0.481 e. The average molecular weight is 435 g/mol. The maximum atomic E-state index is 12.7. The van der Waals surface area contributed by atoms with Gasteiger partial charge < -0.3 is 10.4 Å². The summed E-state index contributed by atoms with van der Waals surface area (Å²) in [6.07, 6.45) is -0.231. The van der Waals surface area contributed by atoms with E-state index in [0.717, 1.165) is 16.6 Å². The number of nitrogens with zero attached hydrogens (tertiary/aromatic N) is 3. The first kappa shape index (κ1) is 20.6. The Morgan fingerprint density at radius 2 is 1.71 bits per heavy atom. The maximum absolute atomic E-state index is 12.7. The third-order valence-electron chi connectivity index (χ3n) is 4.93. The number of carboxylic acids is 1. The SMILES string of the molecule is O=C(O)CC(NC(=O)c1ccc(Cn2nnc3ccccc32)cc1)c1ccc(Cl)cc1. The molecule has 4 rings (SSSR count). The Balaban J connectivity index is 1.47. The van der Waals surface area contributed by atoms with Gasteiger partial charge in [-0.15, -0.1) is 5.10 Å². The molecular formula is C23H19ClN4O3. The number of rotatable bonds is 7. The third kappa shape index (κ3) is 4.90. The van der Waals surface area contributed by atoms with Crippen molar-refractivity contribution < 1.29 is 14.7 Å². The Bertz CT molecular complexity index is 1220. The van der Waals surface area contributed by atoms with Crippen molar-refractivity contribution in [2.24, 2.45) is 0 Å². The maximum Gasteiger partial charge on any atom is 0.305 e. The highest BCUT2D eigenvalue weighted by Gasteiger charge is 2.19. The number of nitrogens with one attached hydrogen (secondary N) is 1. The van der Waals surface area contributed by atoms with E-state index in [-0.39, 0.29) is 12.3 Å². The number of hydrogen-bond donors (Lipinski definition) is 2. The standard InChI is InChI=1S/C23H19ClN4O3/c24-18-11-9-16(10-12-18)20(13-22(29)30)25-23(31)17-7-5-15(6-8-17)14-28-21-4-2-1-3-19(21)26-27-28/h1-12,20H,13-14H2,(H,25,31)(H,29,30). The monoisotopic (exact) mass is 434 g/mol. The second-order valence-corrected chi connectivity index (χ2v) is 7.54. The number of aromatic nitrogens is 3. The van der Waals surface area contributed by atoms with Crippen LogP contribution in [0.3, 0.4) is 0 Å². The minimum absolute atomic E-state index is 0.231. The van der Waals surface area contributed by atoms with Gasteiger partial charge in [-0.25, -0.2) is 4.68 Å². The summed E-state index contributed by atoms with van der Waals surface area (Å²) in [6, 6.07) is 20.9. The average Bonchev–Trinajstić information content (AvgIpc) is 3.17. The lowest BCUT2D eigenvalue weighted by atomic mass is 10.0. The van der Waals surface area contributed by atoms with Gasteiger partial charge in [0.05, 0.1) is 24.5 Å². The molecule has 1 unspecified atom stereocenters. The molecule has 0 bridgehead atoms. The molecule has 1 atom stereocenters. The minimum Gasteiger partial charge on any atom is -0.481 e. The summed E-state index contributed by atoms with van der Waals surface area (Å²) < 4.78 is 1.80. The fourth-order valence-electron chi connectivity index (χ4n) is 3.33. The predicted molar refractivity (Wildman–Crippen MR) is 117 cm³/mol. The van der Waals surface area contributed by atoms with Crippen molar-refractivity contribution in [1.29, 1.82) is 0 Å². The lowest BCUT2D eigenvalue weighted by Gasteiger charge is -2.18. The van der Waals surface area contributed by atoms with Gasteiger partial charge in [-0.05, 0) is 47.5 Å². The van der Waals surface area contributed by atoms with Gasteiger partial charge in [0.2, 0.25) is 0 Å². The second kappa shape index (κ2) is 8.97. The summed E-state index contributed by atoms with van der Waals surface area (Å²) in [5.74, 6) is -1.35. The molecule has 156 valence electrons. The number of aliphatic carboxylic acids is 1. The molecule has 1 amide bonds. The van der Waals surface area contributed by atoms with E-state index in [1.165, 1.54) is 0 Å². The van der Waals surface area contributed by atoms with E-state index in [1.807, 2.05) is 36.4 Å². The molecule has 7 nitrogen and oxygen atoms in total. The van der Waals surface area contributed by atoms with Crippen LogP contribution in [0.15, 0.2) is 72.8 Å². The zero-order chi connectivity index (χ0) is 21.8. The molecule has 4 aromatic rings. The number of para-hydroxylation sites is 1. The van der Waals surface area contributed by atoms with E-state index in [1.54, 1.807) is 41.1 Å². The third-order valence-corrected chi connectivity index (χ3v) is 5.18. The molecule has 3 aromatic carbocycles. The molecule has 1 heterocycles. The second-order valence-electron chi connectivity index (χ2n) is 7.11. The number of carbonyl (C=O) groups excluding carboxylic acids is 1. The van der Waals surface area contributed by atoms with Gasteiger partial charge >= 0.3 is 5.97 Å². The smallest absolute Gasteiger partial charge is 0.305 e. The molecule has 2 N–H and O–H groups in total. The zero-order valence-electron chi connectivity index (χ0n) is 16.4. The van der Waals surface area contributed by atoms with Gasteiger partial charge in [0.25, 0.3) is 5.91 Å². The van der Waals surface area contributed by atoms with E-state index >= 15 is 0 Å². The molecule has 1 aromatic heterocycles. The van der Waals surface area contributed by atoms with Crippen LogP contribution in [0, 0.1) is 0 Å². The summed E-state index contributed by atoms with van der Waals surface area (Å²) >= 11 is 5.91. The van der Waals surface area contributed by atoms with Crippen LogP contribution in [0.25, 0.3) is 11.0 Å². The Morgan fingerprint density at radius 3 is 2.42 bits per heavy atom. The lowest BCUT2D eigenvalue weighted by molar-refractivity contribution is -0.137. The number of amides is 1. The van der Waals surface area contributed by atoms with Crippen molar-refractivity contribution in [3.05, 3.63) is 94.5 Å². The van der Waals surface area contributed by atoms with E-state index in [2.05, 4.69) is 15.6 Å². The summed E-state index contributed by atoms with van der Waals surface area (Å²) in [5, 5.41) is 20.9. The van der Waals surface area contributed by atoms with E-state index < -0.39 is 12.0 Å². The highest BCUT2D eigenvalue weighted by molar-refractivity contribution is 6.30. The summed E-state index contributed by atoms with van der Waals surface area (Å²) in [7, 11) is 0. The summed E-state index contributed by atoms with van der Waals surface area (Å²) in [4.78, 5) is 24.0. The predicted octanol–water partition coefficient (Wildman–Crippen LogP) is 4.08. The molecule has 0 radical (unpaired) electrons. The van der Waals surface area contributed by atoms with Gasteiger partial charge in [0, 0.05) is 10.6 Å². The number of hydrogen-bond acceptors (Lipinski definition) is 4. The molecule has 0 fully saturated rings. The molecular weight excluding hydrogens is 416 g/mol. The van der Waals surface area contributed by atoms with Crippen molar-refractivity contribution in [3.8, 4) is 0 Å². The van der Waals surface area contributed by atoms with Crippen LogP contribution in [-0.4, -0.2) is 32.0 Å². The van der Waals surface area contributed by atoms with Crippen molar-refractivity contribution in [2.75, 3.05) is 0 Å². The van der Waals surface area contributed by atoms with Crippen LogP contribution < -0.4 is 5.32 Å². The molecule has 0 saturated heterocycles. The van der Waals surface area contributed by atoms with Crippen molar-refractivity contribution in [2.45, 2.75) is 19.0 Å². The molecule has 0 spiro atoms. The first-order valence-corrected chi connectivity index (χ1v) is 10.0. The Labute approximate surface area is 183 Å². The Morgan fingerprint density at radius 1 is 1.00 bits per heavy atom. The normalized spacial score (nSPS) is 11.9. The first-order valence-electron chi connectivity index (χ1n) is 9.65. The van der Waals surface area contributed by atoms with Crippen LogP contribution in [0.1, 0.15) is 33.9 Å². The molecule has 0 aliphatic carbocycles. The highest BCUT2D eigenvalue weighted by Crippen LogP contribution is 2.20. The van der Waals surface area contributed by atoms with Crippen molar-refractivity contribution >= 4 is 34.5 Å². The first-order chi connectivity index (χ1) is 15.0. The van der Waals surface area contributed by atoms with E-state index in [4.69, 9.17) is 11.6 Å². The fraction of sp³-hybridized carbons (Fsp3) is 0.130. The minimum atomic E-state index is -1.00. The van der Waals surface area contributed by atoms with Gasteiger partial charge in [-0.3, -0.25) is 9.59 Å². The van der Waals surface area contributed by atoms with Crippen molar-refractivity contribution in [1.82, 2.24) is 20.3 Å². The molecule has 31 heavy (non-hydrogen) atoms. The van der Waals surface area contributed by atoms with Gasteiger partial charge in [-0.2, -0.15) is 0 Å². The number of carbonyl (C=O) groups is 2. The van der Waals surface area contributed by atoms with Crippen LogP contribution in [0.5, 0.6) is 0 Å². The van der Waals surface area contributed by atoms with E-state index in [0.29, 0.717) is 22.7 Å². The van der Waals surface area contributed by atoms with Gasteiger partial charge in [0.15, 0.2) is 0 Å². The number of fused-ring (bicyclic) bond motifs is 1. The zero-order valence-corrected chi connectivity index (χ0v) is 17.2. The quantitative estimate of drug-likeness (QED) is 0.457. The fourth-order valence-corrected chi connectivity index (χ4v) is 3.46. The lowest BCUT2D eigenvalue weighted by Crippen LogP contribution is -2.30. The van der Waals surface area contributed by atoms with Gasteiger partial charge in [0.1, 0.15) is 5.52 Å². The number of halogens is 1.